The van der Waals surface area contributed by atoms with Gasteiger partial charge in [-0.05, 0) is 31.2 Å². The first-order valence-electron chi connectivity index (χ1n) is 8.74. The van der Waals surface area contributed by atoms with E-state index in [1.807, 2.05) is 6.07 Å². The lowest BCUT2D eigenvalue weighted by atomic mass is 10.1. The largest absolute Gasteiger partial charge is 0.493 e. The molecule has 9 nitrogen and oxygen atoms in total. The van der Waals surface area contributed by atoms with E-state index < -0.39 is 11.9 Å². The van der Waals surface area contributed by atoms with E-state index in [4.69, 9.17) is 19.3 Å². The molecule has 0 aliphatic rings. The SMILES string of the molecule is CCOC(=O)/C(C#N)=C/c1cn(CCC(=O)O)nc1-c1ccc(OC)c(OC)c1. The van der Waals surface area contributed by atoms with Crippen LogP contribution in [0, 0.1) is 11.3 Å². The highest BCUT2D eigenvalue weighted by Crippen LogP contribution is 2.33. The summed E-state index contributed by atoms with van der Waals surface area (Å²) in [6.07, 6.45) is 2.82. The Morgan fingerprint density at radius 2 is 2.00 bits per heavy atom. The Labute approximate surface area is 167 Å². The van der Waals surface area contributed by atoms with Gasteiger partial charge in [0.25, 0.3) is 0 Å². The van der Waals surface area contributed by atoms with Gasteiger partial charge >= 0.3 is 11.9 Å². The van der Waals surface area contributed by atoms with Crippen molar-refractivity contribution in [1.29, 1.82) is 5.26 Å². The molecule has 0 aliphatic heterocycles. The molecule has 0 bridgehead atoms. The van der Waals surface area contributed by atoms with Gasteiger partial charge in [0.1, 0.15) is 11.6 Å². The van der Waals surface area contributed by atoms with Gasteiger partial charge in [0, 0.05) is 17.3 Å². The lowest BCUT2D eigenvalue weighted by Gasteiger charge is -2.09. The molecule has 0 unspecified atom stereocenters. The summed E-state index contributed by atoms with van der Waals surface area (Å²) in [7, 11) is 3.02. The van der Waals surface area contributed by atoms with E-state index in [0.29, 0.717) is 28.3 Å². The number of aliphatic carboxylic acids is 1. The predicted molar refractivity (Wildman–Crippen MR) is 103 cm³/mol. The molecule has 0 radical (unpaired) electrons. The zero-order chi connectivity index (χ0) is 21.4. The summed E-state index contributed by atoms with van der Waals surface area (Å²) in [6, 6.07) is 6.98. The fourth-order valence-electron chi connectivity index (χ4n) is 2.58. The highest BCUT2D eigenvalue weighted by molar-refractivity contribution is 5.98. The second-order valence-corrected chi connectivity index (χ2v) is 5.80. The number of nitriles is 1. The van der Waals surface area contributed by atoms with Crippen LogP contribution in [0.5, 0.6) is 11.5 Å². The van der Waals surface area contributed by atoms with Crippen LogP contribution in [0.1, 0.15) is 18.9 Å². The summed E-state index contributed by atoms with van der Waals surface area (Å²) in [5.74, 6) is -0.699. The maximum atomic E-state index is 12.0. The zero-order valence-electron chi connectivity index (χ0n) is 16.3. The average Bonchev–Trinajstić information content (AvgIpc) is 3.12. The molecule has 152 valence electrons. The van der Waals surface area contributed by atoms with Gasteiger partial charge in [-0.2, -0.15) is 10.4 Å². The molecule has 2 aromatic rings. The summed E-state index contributed by atoms with van der Waals surface area (Å²) < 4.78 is 16.9. The number of aryl methyl sites for hydroxylation is 1. The van der Waals surface area contributed by atoms with Gasteiger partial charge in [-0.25, -0.2) is 4.79 Å². The Balaban J connectivity index is 2.56. The lowest BCUT2D eigenvalue weighted by molar-refractivity contribution is -0.138. The third kappa shape index (κ3) is 5.35. The summed E-state index contributed by atoms with van der Waals surface area (Å²) in [4.78, 5) is 22.9. The minimum Gasteiger partial charge on any atom is -0.493 e. The molecule has 0 fully saturated rings. The number of methoxy groups -OCH3 is 2. The summed E-state index contributed by atoms with van der Waals surface area (Å²) in [5.41, 5.74) is 1.37. The van der Waals surface area contributed by atoms with Crippen LogP contribution >= 0.6 is 0 Å². The number of esters is 1. The number of hydrogen-bond donors (Lipinski definition) is 1. The van der Waals surface area contributed by atoms with Crippen LogP contribution in [0.15, 0.2) is 30.0 Å². The maximum Gasteiger partial charge on any atom is 0.348 e. The molecule has 2 rings (SSSR count). The Bertz CT molecular complexity index is 971. The van der Waals surface area contributed by atoms with E-state index >= 15 is 0 Å². The summed E-state index contributed by atoms with van der Waals surface area (Å²) in [5, 5.41) is 22.7. The normalized spacial score (nSPS) is 10.9. The minimum atomic E-state index is -0.963. The van der Waals surface area contributed by atoms with E-state index in [1.165, 1.54) is 25.0 Å². The fourth-order valence-corrected chi connectivity index (χ4v) is 2.58. The van der Waals surface area contributed by atoms with E-state index in [1.54, 1.807) is 31.3 Å². The number of ether oxygens (including phenoxy) is 3. The first-order chi connectivity index (χ1) is 13.9. The molecular formula is C20H21N3O6. The Hall–Kier alpha value is -3.80. The van der Waals surface area contributed by atoms with Crippen LogP contribution < -0.4 is 9.47 Å². The van der Waals surface area contributed by atoms with E-state index in [2.05, 4.69) is 5.10 Å². The molecular weight excluding hydrogens is 378 g/mol. The quantitative estimate of drug-likeness (QED) is 0.387. The number of carboxylic acids is 1. The number of benzene rings is 1. The summed E-state index contributed by atoms with van der Waals surface area (Å²) >= 11 is 0. The molecule has 0 saturated heterocycles. The van der Waals surface area contributed by atoms with Gasteiger partial charge in [-0.1, -0.05) is 0 Å². The summed E-state index contributed by atoms with van der Waals surface area (Å²) in [6.45, 7) is 1.91. The lowest BCUT2D eigenvalue weighted by Crippen LogP contribution is -2.06. The zero-order valence-corrected chi connectivity index (χ0v) is 16.3. The Kier molecular flexibility index (Phi) is 7.37. The average molecular weight is 399 g/mol. The van der Waals surface area contributed by atoms with Gasteiger partial charge in [0.05, 0.1) is 39.5 Å². The number of carbonyl (C=O) groups excluding carboxylic acids is 1. The molecule has 9 heteroatoms. The Morgan fingerprint density at radius 1 is 1.28 bits per heavy atom. The van der Waals surface area contributed by atoms with Gasteiger partial charge in [-0.15, -0.1) is 0 Å². The second-order valence-electron chi connectivity index (χ2n) is 5.80. The monoisotopic (exact) mass is 399 g/mol. The number of carboxylic acid groups (broad SMARTS) is 1. The minimum absolute atomic E-state index is 0.126. The molecule has 1 heterocycles. The van der Waals surface area contributed by atoms with E-state index in [9.17, 15) is 14.9 Å². The first kappa shape index (κ1) is 21.5. The van der Waals surface area contributed by atoms with Crippen molar-refractivity contribution in [3.05, 3.63) is 35.5 Å². The number of hydrogen-bond acceptors (Lipinski definition) is 7. The third-order valence-electron chi connectivity index (χ3n) is 3.92. The smallest absolute Gasteiger partial charge is 0.348 e. The van der Waals surface area contributed by atoms with Crippen molar-refractivity contribution in [3.63, 3.8) is 0 Å². The second kappa shape index (κ2) is 9.94. The van der Waals surface area contributed by atoms with Crippen LogP contribution in [0.25, 0.3) is 17.3 Å². The van der Waals surface area contributed by atoms with Crippen LogP contribution in [-0.4, -0.2) is 47.7 Å². The van der Waals surface area contributed by atoms with E-state index in [0.717, 1.165) is 0 Å². The fraction of sp³-hybridized carbons (Fsp3) is 0.300. The highest BCUT2D eigenvalue weighted by Gasteiger charge is 2.17. The van der Waals surface area contributed by atoms with Gasteiger partial charge < -0.3 is 19.3 Å². The van der Waals surface area contributed by atoms with Crippen LogP contribution in [0.3, 0.4) is 0 Å². The Morgan fingerprint density at radius 3 is 2.59 bits per heavy atom. The van der Waals surface area contributed by atoms with Crippen molar-refractivity contribution in [3.8, 4) is 28.8 Å². The van der Waals surface area contributed by atoms with Crippen molar-refractivity contribution in [2.24, 2.45) is 0 Å². The van der Waals surface area contributed by atoms with E-state index in [-0.39, 0.29) is 25.1 Å². The van der Waals surface area contributed by atoms with Crippen molar-refractivity contribution in [2.75, 3.05) is 20.8 Å². The van der Waals surface area contributed by atoms with Crippen LogP contribution in [-0.2, 0) is 20.9 Å². The van der Waals surface area contributed by atoms with Crippen LogP contribution in [0.4, 0.5) is 0 Å². The number of aromatic nitrogens is 2. The molecule has 1 aromatic heterocycles. The number of carbonyl (C=O) groups is 2. The van der Waals surface area contributed by atoms with Gasteiger partial charge in [0.2, 0.25) is 0 Å². The molecule has 1 N–H and O–H groups in total. The molecule has 29 heavy (non-hydrogen) atoms. The van der Waals surface area contributed by atoms with Crippen molar-refractivity contribution in [1.82, 2.24) is 9.78 Å². The molecule has 0 aliphatic carbocycles. The molecule has 0 amide bonds. The van der Waals surface area contributed by atoms with Gasteiger partial charge in [-0.3, -0.25) is 9.48 Å². The molecule has 1 aromatic carbocycles. The van der Waals surface area contributed by atoms with Crippen molar-refractivity contribution in [2.45, 2.75) is 19.9 Å². The highest BCUT2D eigenvalue weighted by atomic mass is 16.5. The molecule has 0 atom stereocenters. The number of nitrogens with zero attached hydrogens (tertiary/aromatic N) is 3. The first-order valence-corrected chi connectivity index (χ1v) is 8.74. The molecule has 0 spiro atoms. The molecule has 0 saturated carbocycles. The third-order valence-corrected chi connectivity index (χ3v) is 3.92. The topological polar surface area (TPSA) is 124 Å². The van der Waals surface area contributed by atoms with Crippen molar-refractivity contribution < 1.29 is 28.9 Å². The standard InChI is InChI=1S/C20H21N3O6/c1-4-29-20(26)14(11-21)9-15-12-23(8-7-18(24)25)22-19(15)13-5-6-16(27-2)17(10-13)28-3/h5-6,9-10,12H,4,7-8H2,1-3H3,(H,24,25)/b14-9+. The van der Waals surface area contributed by atoms with Crippen molar-refractivity contribution >= 4 is 18.0 Å². The van der Waals surface area contributed by atoms with Gasteiger partial charge in [0.15, 0.2) is 11.5 Å². The maximum absolute atomic E-state index is 12.0. The predicted octanol–water partition coefficient (Wildman–Crippen LogP) is 2.51. The van der Waals surface area contributed by atoms with Crippen LogP contribution in [0.2, 0.25) is 0 Å². The number of rotatable bonds is 9.